The molecule has 1 aromatic carbocycles. The van der Waals surface area contributed by atoms with Gasteiger partial charge >= 0.3 is 0 Å². The van der Waals surface area contributed by atoms with E-state index in [0.29, 0.717) is 23.8 Å². The van der Waals surface area contributed by atoms with Crippen LogP contribution in [0, 0.1) is 24.2 Å². The van der Waals surface area contributed by atoms with Crippen LogP contribution in [-0.4, -0.2) is 31.3 Å². The fourth-order valence-corrected chi connectivity index (χ4v) is 8.01. The third-order valence-electron chi connectivity index (χ3n) is 7.30. The van der Waals surface area contributed by atoms with E-state index in [1.807, 2.05) is 0 Å². The minimum atomic E-state index is -3.87. The molecule has 2 amide bonds. The van der Waals surface area contributed by atoms with E-state index in [1.54, 1.807) is 39.0 Å². The standard InChI is InChI=1S/C22H31N3O4S/c1-14-6-4-5-7-17(14)30(28,29)25-20(2,3)19(27)24-22-11-15-8-16(12-22)10-21(9-15,13-22)18(23)26/h4-7,15-16,25H,8-13H2,1-3H3,(H2,23,26)(H,24,27). The average Bonchev–Trinajstić information content (AvgIpc) is 2.59. The Balaban J connectivity index is 1.55. The number of hydrogen-bond donors (Lipinski definition) is 3. The average molecular weight is 434 g/mol. The first kappa shape index (κ1) is 21.3. The summed E-state index contributed by atoms with van der Waals surface area (Å²) in [6.45, 7) is 4.87. The van der Waals surface area contributed by atoms with Gasteiger partial charge < -0.3 is 11.1 Å². The molecular weight excluding hydrogens is 402 g/mol. The van der Waals surface area contributed by atoms with Gasteiger partial charge in [-0.3, -0.25) is 9.59 Å². The second kappa shape index (κ2) is 6.79. The van der Waals surface area contributed by atoms with Crippen LogP contribution in [-0.2, 0) is 19.6 Å². The van der Waals surface area contributed by atoms with Crippen LogP contribution in [0.3, 0.4) is 0 Å². The highest BCUT2D eigenvalue weighted by Crippen LogP contribution is 2.61. The zero-order valence-corrected chi connectivity index (χ0v) is 18.6. The van der Waals surface area contributed by atoms with Gasteiger partial charge in [-0.05, 0) is 82.8 Å². The van der Waals surface area contributed by atoms with Crippen LogP contribution in [0.1, 0.15) is 57.9 Å². The predicted molar refractivity (Wildman–Crippen MR) is 113 cm³/mol. The maximum absolute atomic E-state index is 13.3. The summed E-state index contributed by atoms with van der Waals surface area (Å²) < 4.78 is 28.4. The molecule has 4 saturated carbocycles. The normalized spacial score (nSPS) is 32.8. The second-order valence-corrected chi connectivity index (χ2v) is 12.0. The third-order valence-corrected chi connectivity index (χ3v) is 9.12. The summed E-state index contributed by atoms with van der Waals surface area (Å²) in [6, 6.07) is 6.68. The molecule has 2 unspecified atom stereocenters. The molecule has 8 heteroatoms. The number of aryl methyl sites for hydroxylation is 1. The first-order valence-corrected chi connectivity index (χ1v) is 12.1. The van der Waals surface area contributed by atoms with Gasteiger partial charge in [-0.2, -0.15) is 4.72 Å². The van der Waals surface area contributed by atoms with E-state index < -0.39 is 26.5 Å². The number of nitrogens with one attached hydrogen (secondary N) is 2. The van der Waals surface area contributed by atoms with Crippen LogP contribution >= 0.6 is 0 Å². The molecule has 0 spiro atoms. The second-order valence-electron chi connectivity index (χ2n) is 10.3. The van der Waals surface area contributed by atoms with Crippen molar-refractivity contribution in [1.29, 1.82) is 0 Å². The lowest BCUT2D eigenvalue weighted by atomic mass is 9.46. The van der Waals surface area contributed by atoms with E-state index >= 15 is 0 Å². The quantitative estimate of drug-likeness (QED) is 0.636. The lowest BCUT2D eigenvalue weighted by Gasteiger charge is -2.61. The van der Waals surface area contributed by atoms with Gasteiger partial charge in [0.05, 0.1) is 10.3 Å². The fraction of sp³-hybridized carbons (Fsp3) is 0.636. The summed E-state index contributed by atoms with van der Waals surface area (Å²) >= 11 is 0. The molecule has 2 atom stereocenters. The van der Waals surface area contributed by atoms with E-state index in [9.17, 15) is 18.0 Å². The molecule has 30 heavy (non-hydrogen) atoms. The number of carbonyl (C=O) groups is 2. The van der Waals surface area contributed by atoms with Crippen molar-refractivity contribution in [3.8, 4) is 0 Å². The zero-order chi connectivity index (χ0) is 21.9. The first-order chi connectivity index (χ1) is 13.9. The van der Waals surface area contributed by atoms with E-state index in [1.165, 1.54) is 6.07 Å². The number of primary amides is 1. The summed E-state index contributed by atoms with van der Waals surface area (Å²) in [5, 5.41) is 3.16. The Morgan fingerprint density at radius 2 is 1.70 bits per heavy atom. The fourth-order valence-electron chi connectivity index (χ4n) is 6.39. The largest absolute Gasteiger partial charge is 0.369 e. The molecule has 4 aliphatic rings. The molecule has 164 valence electrons. The number of hydrogen-bond acceptors (Lipinski definition) is 4. The maximum atomic E-state index is 13.3. The van der Waals surface area contributed by atoms with Crippen LogP contribution in [0.4, 0.5) is 0 Å². The highest BCUT2D eigenvalue weighted by atomic mass is 32.2. The molecule has 0 radical (unpaired) electrons. The van der Waals surface area contributed by atoms with E-state index in [-0.39, 0.29) is 16.7 Å². The Morgan fingerprint density at radius 1 is 1.10 bits per heavy atom. The van der Waals surface area contributed by atoms with E-state index in [4.69, 9.17) is 5.73 Å². The Morgan fingerprint density at radius 3 is 2.27 bits per heavy atom. The van der Waals surface area contributed by atoms with Gasteiger partial charge in [-0.25, -0.2) is 8.42 Å². The molecule has 0 aliphatic heterocycles. The summed E-state index contributed by atoms with van der Waals surface area (Å²) in [5.74, 6) is 0.118. The van der Waals surface area contributed by atoms with Crippen molar-refractivity contribution < 1.29 is 18.0 Å². The van der Waals surface area contributed by atoms with Crippen LogP contribution < -0.4 is 15.8 Å². The van der Waals surface area contributed by atoms with Gasteiger partial charge in [0.2, 0.25) is 21.8 Å². The van der Waals surface area contributed by atoms with Gasteiger partial charge in [0.15, 0.2) is 0 Å². The van der Waals surface area contributed by atoms with Crippen LogP contribution in [0.15, 0.2) is 29.2 Å². The molecule has 4 fully saturated rings. The summed E-state index contributed by atoms with van der Waals surface area (Å²) in [4.78, 5) is 25.7. The first-order valence-electron chi connectivity index (χ1n) is 10.6. The summed E-state index contributed by atoms with van der Waals surface area (Å²) in [7, 11) is -3.87. The number of amides is 2. The smallest absolute Gasteiger partial charge is 0.241 e. The zero-order valence-electron chi connectivity index (χ0n) is 17.8. The molecule has 0 heterocycles. The van der Waals surface area contributed by atoms with Gasteiger partial charge in [0, 0.05) is 5.54 Å². The lowest BCUT2D eigenvalue weighted by Crippen LogP contribution is -2.68. The van der Waals surface area contributed by atoms with Crippen molar-refractivity contribution in [2.45, 2.75) is 75.3 Å². The molecule has 5 rings (SSSR count). The van der Waals surface area contributed by atoms with E-state index in [0.717, 1.165) is 32.1 Å². The highest BCUT2D eigenvalue weighted by molar-refractivity contribution is 7.89. The van der Waals surface area contributed by atoms with Crippen LogP contribution in [0.5, 0.6) is 0 Å². The molecule has 0 saturated heterocycles. The Kier molecular flexibility index (Phi) is 4.82. The minimum absolute atomic E-state index is 0.161. The Bertz CT molecular complexity index is 987. The van der Waals surface area contributed by atoms with Gasteiger partial charge in [0.25, 0.3) is 0 Å². The molecular formula is C22H31N3O4S. The van der Waals surface area contributed by atoms with Crippen molar-refractivity contribution in [3.05, 3.63) is 29.8 Å². The minimum Gasteiger partial charge on any atom is -0.369 e. The lowest BCUT2D eigenvalue weighted by molar-refractivity contribution is -0.151. The predicted octanol–water partition coefficient (Wildman–Crippen LogP) is 1.99. The Labute approximate surface area is 178 Å². The molecule has 7 nitrogen and oxygen atoms in total. The van der Waals surface area contributed by atoms with Crippen LogP contribution in [0.2, 0.25) is 0 Å². The molecule has 4 N–H and O–H groups in total. The topological polar surface area (TPSA) is 118 Å². The number of carbonyl (C=O) groups excluding carboxylic acids is 2. The summed E-state index contributed by atoms with van der Waals surface area (Å²) in [6.07, 6.45) is 4.89. The van der Waals surface area contributed by atoms with E-state index in [2.05, 4.69) is 10.0 Å². The molecule has 0 aromatic heterocycles. The van der Waals surface area contributed by atoms with Gasteiger partial charge in [-0.15, -0.1) is 0 Å². The Hall–Kier alpha value is -1.93. The van der Waals surface area contributed by atoms with Crippen molar-refractivity contribution in [1.82, 2.24) is 10.0 Å². The van der Waals surface area contributed by atoms with Crippen molar-refractivity contribution in [3.63, 3.8) is 0 Å². The summed E-state index contributed by atoms with van der Waals surface area (Å²) in [5.41, 5.74) is 4.03. The number of nitrogens with two attached hydrogens (primary N) is 1. The number of benzene rings is 1. The van der Waals surface area contributed by atoms with Gasteiger partial charge in [0.1, 0.15) is 5.54 Å². The van der Waals surface area contributed by atoms with Crippen molar-refractivity contribution in [2.24, 2.45) is 23.0 Å². The SMILES string of the molecule is Cc1ccccc1S(=O)(=O)NC(C)(C)C(=O)NC12CC3CC(C1)CC(C(N)=O)(C3)C2. The molecule has 4 bridgehead atoms. The molecule has 4 aliphatic carbocycles. The third kappa shape index (κ3) is 3.54. The van der Waals surface area contributed by atoms with Crippen molar-refractivity contribution >= 4 is 21.8 Å². The van der Waals surface area contributed by atoms with Gasteiger partial charge in [-0.1, -0.05) is 18.2 Å². The number of rotatable bonds is 6. The maximum Gasteiger partial charge on any atom is 0.241 e. The molecule has 1 aromatic rings. The monoisotopic (exact) mass is 433 g/mol. The van der Waals surface area contributed by atoms with Crippen molar-refractivity contribution in [2.75, 3.05) is 0 Å². The highest BCUT2D eigenvalue weighted by Gasteiger charge is 2.61. The number of sulfonamides is 1. The van der Waals surface area contributed by atoms with Crippen LogP contribution in [0.25, 0.3) is 0 Å².